The predicted octanol–water partition coefficient (Wildman–Crippen LogP) is 4.39. The second-order valence-electron chi connectivity index (χ2n) is 8.66. The van der Waals surface area contributed by atoms with Crippen LogP contribution in [0.2, 0.25) is 0 Å². The van der Waals surface area contributed by atoms with E-state index in [4.69, 9.17) is 4.74 Å². The maximum Gasteiger partial charge on any atom is 0.274 e. The van der Waals surface area contributed by atoms with Gasteiger partial charge in [0.25, 0.3) is 5.56 Å². The van der Waals surface area contributed by atoms with Crippen LogP contribution >= 0.6 is 0 Å². The lowest BCUT2D eigenvalue weighted by Crippen LogP contribution is -2.21. The van der Waals surface area contributed by atoms with Gasteiger partial charge in [0, 0.05) is 61.3 Å². The Hall–Kier alpha value is -3.46. The Morgan fingerprint density at radius 2 is 1.82 bits per heavy atom. The molecule has 176 valence electrons. The lowest BCUT2D eigenvalue weighted by molar-refractivity contribution is 0.0845. The smallest absolute Gasteiger partial charge is 0.274 e. The third-order valence-electron chi connectivity index (χ3n) is 6.23. The second kappa shape index (κ2) is 9.42. The van der Waals surface area contributed by atoms with Gasteiger partial charge in [-0.2, -0.15) is 10.2 Å². The van der Waals surface area contributed by atoms with Crippen LogP contribution in [0.1, 0.15) is 43.3 Å². The standard InChI is InChI=1S/C19H17F2N3O2.C6H8N2/c1-24-19(25)14-9-17(11-4-6-26-7-5-11)23-18(15(14)10-22-24)13-3-2-12(20)8-16(13)21;1-4-7-8(5-1)6-2-3-6/h2-3,8-11H,4-7H2,1H3;1,4-6H,2-3H2. The monoisotopic (exact) mass is 465 g/mol. The summed E-state index contributed by atoms with van der Waals surface area (Å²) in [6, 6.07) is 7.82. The van der Waals surface area contributed by atoms with Gasteiger partial charge in [0.1, 0.15) is 11.6 Å². The topological polar surface area (TPSA) is 74.8 Å². The minimum Gasteiger partial charge on any atom is -0.381 e. The molecular weight excluding hydrogens is 440 g/mol. The van der Waals surface area contributed by atoms with E-state index in [1.807, 2.05) is 23.1 Å². The van der Waals surface area contributed by atoms with Crippen LogP contribution in [-0.2, 0) is 11.8 Å². The van der Waals surface area contributed by atoms with Gasteiger partial charge in [-0.3, -0.25) is 14.5 Å². The number of hydrogen-bond donors (Lipinski definition) is 0. The summed E-state index contributed by atoms with van der Waals surface area (Å²) >= 11 is 0. The number of nitrogens with zero attached hydrogens (tertiary/aromatic N) is 5. The summed E-state index contributed by atoms with van der Waals surface area (Å²) in [5, 5.41) is 9.01. The van der Waals surface area contributed by atoms with E-state index in [9.17, 15) is 13.6 Å². The normalized spacial score (nSPS) is 16.3. The van der Waals surface area contributed by atoms with Gasteiger partial charge in [0.2, 0.25) is 0 Å². The molecule has 2 aliphatic rings. The Bertz CT molecular complexity index is 1360. The van der Waals surface area contributed by atoms with E-state index in [0.717, 1.165) is 30.6 Å². The maximum absolute atomic E-state index is 14.4. The van der Waals surface area contributed by atoms with Gasteiger partial charge in [-0.25, -0.2) is 13.5 Å². The van der Waals surface area contributed by atoms with Gasteiger partial charge in [0.15, 0.2) is 0 Å². The molecule has 0 radical (unpaired) electrons. The second-order valence-corrected chi connectivity index (χ2v) is 8.66. The van der Waals surface area contributed by atoms with Gasteiger partial charge < -0.3 is 4.74 Å². The highest BCUT2D eigenvalue weighted by Gasteiger charge is 2.23. The van der Waals surface area contributed by atoms with E-state index in [1.54, 1.807) is 13.1 Å². The molecule has 1 aliphatic carbocycles. The molecule has 0 bridgehead atoms. The van der Waals surface area contributed by atoms with Gasteiger partial charge in [-0.1, -0.05) is 0 Å². The van der Waals surface area contributed by atoms with Crippen LogP contribution in [0.4, 0.5) is 8.78 Å². The van der Waals surface area contributed by atoms with Crippen molar-refractivity contribution in [3.8, 4) is 11.3 Å². The highest BCUT2D eigenvalue weighted by atomic mass is 19.1. The van der Waals surface area contributed by atoms with Crippen molar-refractivity contribution in [3.05, 3.63) is 76.6 Å². The number of ether oxygens (including phenoxy) is 1. The van der Waals surface area contributed by atoms with Crippen molar-refractivity contribution >= 4 is 10.8 Å². The van der Waals surface area contributed by atoms with Crippen molar-refractivity contribution in [2.24, 2.45) is 7.05 Å². The van der Waals surface area contributed by atoms with Gasteiger partial charge >= 0.3 is 0 Å². The van der Waals surface area contributed by atoms with Gasteiger partial charge in [0.05, 0.1) is 23.3 Å². The van der Waals surface area contributed by atoms with Crippen LogP contribution in [0, 0.1) is 11.6 Å². The summed E-state index contributed by atoms with van der Waals surface area (Å²) in [6.45, 7) is 1.25. The molecule has 4 heterocycles. The van der Waals surface area contributed by atoms with Crippen molar-refractivity contribution in [2.75, 3.05) is 13.2 Å². The van der Waals surface area contributed by atoms with Crippen molar-refractivity contribution in [3.63, 3.8) is 0 Å². The molecule has 1 saturated carbocycles. The molecule has 0 spiro atoms. The summed E-state index contributed by atoms with van der Waals surface area (Å²) in [4.78, 5) is 17.2. The molecule has 3 aromatic heterocycles. The number of fused-ring (bicyclic) bond motifs is 1. The SMILES string of the molecule is Cn1ncc2c(-c3ccc(F)cc3F)nc(C3CCOCC3)cc2c1=O.c1cnn(C2CC2)c1. The molecule has 0 N–H and O–H groups in total. The molecule has 9 heteroatoms. The Morgan fingerprint density at radius 1 is 1.03 bits per heavy atom. The van der Waals surface area contributed by atoms with E-state index < -0.39 is 11.6 Å². The first kappa shape index (κ1) is 22.3. The molecule has 7 nitrogen and oxygen atoms in total. The Morgan fingerprint density at radius 3 is 2.50 bits per heavy atom. The summed E-state index contributed by atoms with van der Waals surface area (Å²) in [7, 11) is 1.56. The van der Waals surface area contributed by atoms with E-state index in [0.29, 0.717) is 29.7 Å². The lowest BCUT2D eigenvalue weighted by Gasteiger charge is -2.22. The average Bonchev–Trinajstić information content (AvgIpc) is 3.56. The van der Waals surface area contributed by atoms with Crippen molar-refractivity contribution in [2.45, 2.75) is 37.6 Å². The summed E-state index contributed by atoms with van der Waals surface area (Å²) in [5.74, 6) is -1.25. The van der Waals surface area contributed by atoms with Crippen molar-refractivity contribution in [1.29, 1.82) is 0 Å². The molecule has 4 aromatic rings. The molecule has 6 rings (SSSR count). The largest absolute Gasteiger partial charge is 0.381 e. The zero-order valence-corrected chi connectivity index (χ0v) is 18.8. The number of halogens is 2. The summed E-state index contributed by atoms with van der Waals surface area (Å²) in [6.07, 6.45) is 9.57. The molecule has 2 fully saturated rings. The molecule has 1 aromatic carbocycles. The van der Waals surface area contributed by atoms with E-state index in [2.05, 4.69) is 15.2 Å². The first-order chi connectivity index (χ1) is 16.5. The third-order valence-corrected chi connectivity index (χ3v) is 6.23. The lowest BCUT2D eigenvalue weighted by atomic mass is 9.94. The molecule has 0 amide bonds. The molecular formula is C25H25F2N5O2. The highest BCUT2D eigenvalue weighted by molar-refractivity contribution is 5.94. The van der Waals surface area contributed by atoms with Crippen LogP contribution < -0.4 is 5.56 Å². The highest BCUT2D eigenvalue weighted by Crippen LogP contribution is 2.34. The van der Waals surface area contributed by atoms with Crippen LogP contribution in [0.5, 0.6) is 0 Å². The van der Waals surface area contributed by atoms with E-state index in [1.165, 1.54) is 35.9 Å². The number of aryl methyl sites for hydroxylation is 1. The fraction of sp³-hybridized carbons (Fsp3) is 0.360. The molecule has 0 atom stereocenters. The minimum atomic E-state index is -0.719. The first-order valence-electron chi connectivity index (χ1n) is 11.4. The zero-order chi connectivity index (χ0) is 23.7. The van der Waals surface area contributed by atoms with Crippen molar-refractivity contribution < 1.29 is 13.5 Å². The van der Waals surface area contributed by atoms with Crippen LogP contribution in [-0.4, -0.2) is 37.8 Å². The summed E-state index contributed by atoms with van der Waals surface area (Å²) < 4.78 is 36.4. The number of aromatic nitrogens is 5. The van der Waals surface area contributed by atoms with Gasteiger partial charge in [-0.05, 0) is 49.9 Å². The number of pyridine rings is 1. The predicted molar refractivity (Wildman–Crippen MR) is 123 cm³/mol. The van der Waals surface area contributed by atoms with Gasteiger partial charge in [-0.15, -0.1) is 0 Å². The molecule has 0 unspecified atom stereocenters. The van der Waals surface area contributed by atoms with E-state index in [-0.39, 0.29) is 17.0 Å². The Kier molecular flexibility index (Phi) is 6.19. The van der Waals surface area contributed by atoms with Crippen molar-refractivity contribution in [1.82, 2.24) is 24.5 Å². The fourth-order valence-corrected chi connectivity index (χ4v) is 4.18. The number of rotatable bonds is 3. The zero-order valence-electron chi connectivity index (χ0n) is 18.8. The fourth-order valence-electron chi connectivity index (χ4n) is 4.18. The average molecular weight is 466 g/mol. The number of hydrogen-bond acceptors (Lipinski definition) is 5. The number of benzene rings is 1. The Labute approximate surface area is 195 Å². The quantitative estimate of drug-likeness (QED) is 0.449. The first-order valence-corrected chi connectivity index (χ1v) is 11.4. The molecule has 34 heavy (non-hydrogen) atoms. The third kappa shape index (κ3) is 4.61. The molecule has 1 saturated heterocycles. The maximum atomic E-state index is 14.4. The Balaban J connectivity index is 0.000000252. The summed E-state index contributed by atoms with van der Waals surface area (Å²) in [5.41, 5.74) is 0.914. The minimum absolute atomic E-state index is 0.133. The van der Waals surface area contributed by atoms with E-state index >= 15 is 0 Å². The van der Waals surface area contributed by atoms with Crippen LogP contribution in [0.25, 0.3) is 22.0 Å². The van der Waals surface area contributed by atoms with Crippen LogP contribution in [0.15, 0.2) is 53.7 Å². The molecule has 1 aliphatic heterocycles. The van der Waals surface area contributed by atoms with Crippen LogP contribution in [0.3, 0.4) is 0 Å².